The number of rotatable bonds is 7. The van der Waals surface area contributed by atoms with Gasteiger partial charge in [-0.1, -0.05) is 0 Å². The molecule has 18 heavy (non-hydrogen) atoms. The molecule has 1 saturated heterocycles. The third kappa shape index (κ3) is 5.85. The Morgan fingerprint density at radius 3 is 2.89 bits per heavy atom. The average Bonchev–Trinajstić information content (AvgIpc) is 2.33. The van der Waals surface area contributed by atoms with Crippen molar-refractivity contribution in [3.63, 3.8) is 0 Å². The number of unbranched alkanes of at least 4 members (excludes halogenated alkanes) is 2. The molecule has 4 nitrogen and oxygen atoms in total. The molecule has 0 aromatic heterocycles. The maximum Gasteiger partial charge on any atom is 0.211 e. The Balaban J connectivity index is 2.17. The molecule has 104 valence electrons. The number of nitrogens with one attached hydrogen (secondary N) is 1. The minimum absolute atomic E-state index is 0.445. The van der Waals surface area contributed by atoms with Gasteiger partial charge in [-0.25, -0.2) is 12.7 Å². The van der Waals surface area contributed by atoms with Crippen LogP contribution in [0.25, 0.3) is 0 Å². The summed E-state index contributed by atoms with van der Waals surface area (Å²) in [6, 6.07) is 0. The van der Waals surface area contributed by atoms with Gasteiger partial charge in [-0.05, 0) is 44.7 Å². The molecule has 1 rings (SSSR count). The van der Waals surface area contributed by atoms with Gasteiger partial charge in [-0.3, -0.25) is 0 Å². The van der Waals surface area contributed by atoms with Gasteiger partial charge in [0.25, 0.3) is 0 Å². The SMILES string of the molecule is C#CCCCCNCC1CCCN(S(C)(=O)=O)C1. The molecule has 0 aliphatic carbocycles. The summed E-state index contributed by atoms with van der Waals surface area (Å²) in [4.78, 5) is 0. The number of nitrogens with zero attached hydrogens (tertiary/aromatic N) is 1. The fourth-order valence-corrected chi connectivity index (χ4v) is 3.22. The maximum absolute atomic E-state index is 11.5. The number of piperidine rings is 1. The summed E-state index contributed by atoms with van der Waals surface area (Å²) >= 11 is 0. The van der Waals surface area contributed by atoms with Gasteiger partial charge in [0, 0.05) is 19.5 Å². The zero-order chi connectivity index (χ0) is 13.4. The van der Waals surface area contributed by atoms with Crippen LogP contribution >= 0.6 is 0 Å². The van der Waals surface area contributed by atoms with Gasteiger partial charge in [-0.15, -0.1) is 12.3 Å². The zero-order valence-corrected chi connectivity index (χ0v) is 12.0. The van der Waals surface area contributed by atoms with Crippen LogP contribution in [0, 0.1) is 18.3 Å². The molecule has 0 spiro atoms. The van der Waals surface area contributed by atoms with Crippen LogP contribution < -0.4 is 5.32 Å². The summed E-state index contributed by atoms with van der Waals surface area (Å²) < 4.78 is 24.5. The Morgan fingerprint density at radius 1 is 1.44 bits per heavy atom. The van der Waals surface area contributed by atoms with Crippen LogP contribution in [0.5, 0.6) is 0 Å². The lowest BCUT2D eigenvalue weighted by Gasteiger charge is -2.31. The van der Waals surface area contributed by atoms with E-state index in [1.807, 2.05) is 0 Å². The van der Waals surface area contributed by atoms with E-state index in [0.717, 1.165) is 45.2 Å². The minimum Gasteiger partial charge on any atom is -0.316 e. The third-order valence-electron chi connectivity index (χ3n) is 3.31. The van der Waals surface area contributed by atoms with Crippen molar-refractivity contribution in [2.75, 3.05) is 32.4 Å². The van der Waals surface area contributed by atoms with Gasteiger partial charge >= 0.3 is 0 Å². The quantitative estimate of drug-likeness (QED) is 0.557. The van der Waals surface area contributed by atoms with Crippen LogP contribution in [0.1, 0.15) is 32.1 Å². The summed E-state index contributed by atoms with van der Waals surface area (Å²) in [6.45, 7) is 3.22. The van der Waals surface area contributed by atoms with Crippen molar-refractivity contribution in [2.24, 2.45) is 5.92 Å². The maximum atomic E-state index is 11.5. The van der Waals surface area contributed by atoms with Crippen molar-refractivity contribution in [1.82, 2.24) is 9.62 Å². The van der Waals surface area contributed by atoms with Crippen LogP contribution in [-0.4, -0.2) is 45.2 Å². The van der Waals surface area contributed by atoms with E-state index >= 15 is 0 Å². The van der Waals surface area contributed by atoms with E-state index in [-0.39, 0.29) is 0 Å². The van der Waals surface area contributed by atoms with E-state index in [4.69, 9.17) is 6.42 Å². The number of hydrogen-bond acceptors (Lipinski definition) is 3. The predicted molar refractivity (Wildman–Crippen MR) is 74.7 cm³/mol. The molecule has 1 heterocycles. The van der Waals surface area contributed by atoms with Crippen LogP contribution in [0.15, 0.2) is 0 Å². The van der Waals surface area contributed by atoms with Crippen molar-refractivity contribution in [3.05, 3.63) is 0 Å². The van der Waals surface area contributed by atoms with E-state index in [2.05, 4.69) is 11.2 Å². The largest absolute Gasteiger partial charge is 0.316 e. The molecule has 5 heteroatoms. The molecule has 1 unspecified atom stereocenters. The van der Waals surface area contributed by atoms with Crippen molar-refractivity contribution in [2.45, 2.75) is 32.1 Å². The fourth-order valence-electron chi connectivity index (χ4n) is 2.28. The van der Waals surface area contributed by atoms with Crippen LogP contribution in [0.2, 0.25) is 0 Å². The predicted octanol–water partition coefficient (Wildman–Crippen LogP) is 1.05. The lowest BCUT2D eigenvalue weighted by Crippen LogP contribution is -2.42. The molecule has 0 radical (unpaired) electrons. The second kappa shape index (κ2) is 7.78. The molecule has 0 bridgehead atoms. The van der Waals surface area contributed by atoms with Gasteiger partial charge in [0.1, 0.15) is 0 Å². The van der Waals surface area contributed by atoms with E-state index < -0.39 is 10.0 Å². The molecule has 1 atom stereocenters. The highest BCUT2D eigenvalue weighted by atomic mass is 32.2. The van der Waals surface area contributed by atoms with Crippen molar-refractivity contribution < 1.29 is 8.42 Å². The lowest BCUT2D eigenvalue weighted by atomic mass is 10.00. The van der Waals surface area contributed by atoms with Gasteiger partial charge in [-0.2, -0.15) is 0 Å². The first kappa shape index (κ1) is 15.5. The van der Waals surface area contributed by atoms with Crippen molar-refractivity contribution in [1.29, 1.82) is 0 Å². The van der Waals surface area contributed by atoms with Gasteiger partial charge in [0.05, 0.1) is 6.26 Å². The molecule has 0 aromatic rings. The zero-order valence-electron chi connectivity index (χ0n) is 11.2. The molecular formula is C13H24N2O2S. The second-order valence-corrected chi connectivity index (χ2v) is 6.98. The summed E-state index contributed by atoms with van der Waals surface area (Å²) in [6.07, 6.45) is 11.6. The lowest BCUT2D eigenvalue weighted by molar-refractivity contribution is 0.261. The first-order chi connectivity index (χ1) is 8.54. The Kier molecular flexibility index (Phi) is 6.69. The second-order valence-electron chi connectivity index (χ2n) is 4.99. The van der Waals surface area contributed by atoms with E-state index in [1.54, 1.807) is 4.31 Å². The van der Waals surface area contributed by atoms with Crippen LogP contribution in [-0.2, 0) is 10.0 Å². The van der Waals surface area contributed by atoms with Crippen LogP contribution in [0.4, 0.5) is 0 Å². The van der Waals surface area contributed by atoms with E-state index in [9.17, 15) is 8.42 Å². The number of terminal acetylenes is 1. The Hall–Kier alpha value is -0.570. The summed E-state index contributed by atoms with van der Waals surface area (Å²) in [5.74, 6) is 3.07. The third-order valence-corrected chi connectivity index (χ3v) is 4.58. The van der Waals surface area contributed by atoms with E-state index in [1.165, 1.54) is 6.26 Å². The number of hydrogen-bond donors (Lipinski definition) is 1. The number of sulfonamides is 1. The Bertz CT molecular complexity index is 373. The summed E-state index contributed by atoms with van der Waals surface area (Å²) in [5, 5.41) is 3.40. The normalized spacial score (nSPS) is 21.7. The molecular weight excluding hydrogens is 248 g/mol. The van der Waals surface area contributed by atoms with E-state index in [0.29, 0.717) is 19.0 Å². The molecule has 0 amide bonds. The molecule has 1 aliphatic heterocycles. The summed E-state index contributed by atoms with van der Waals surface area (Å²) in [5.41, 5.74) is 0. The Morgan fingerprint density at radius 2 is 2.22 bits per heavy atom. The topological polar surface area (TPSA) is 49.4 Å². The first-order valence-corrected chi connectivity index (χ1v) is 8.48. The average molecular weight is 272 g/mol. The van der Waals surface area contributed by atoms with Crippen molar-refractivity contribution in [3.8, 4) is 12.3 Å². The highest BCUT2D eigenvalue weighted by Crippen LogP contribution is 2.17. The van der Waals surface area contributed by atoms with Gasteiger partial charge < -0.3 is 5.32 Å². The Labute approximate surface area is 111 Å². The van der Waals surface area contributed by atoms with Gasteiger partial charge in [0.2, 0.25) is 10.0 Å². The first-order valence-electron chi connectivity index (χ1n) is 6.63. The van der Waals surface area contributed by atoms with Gasteiger partial charge in [0.15, 0.2) is 0 Å². The highest BCUT2D eigenvalue weighted by Gasteiger charge is 2.25. The summed E-state index contributed by atoms with van der Waals surface area (Å²) in [7, 11) is -3.02. The van der Waals surface area contributed by atoms with Crippen LogP contribution in [0.3, 0.4) is 0 Å². The molecule has 0 aromatic carbocycles. The smallest absolute Gasteiger partial charge is 0.211 e. The highest BCUT2D eigenvalue weighted by molar-refractivity contribution is 7.88. The van der Waals surface area contributed by atoms with Crippen molar-refractivity contribution >= 4 is 10.0 Å². The minimum atomic E-state index is -3.02. The monoisotopic (exact) mass is 272 g/mol. The molecule has 1 fully saturated rings. The molecule has 1 N–H and O–H groups in total. The molecule has 1 aliphatic rings. The molecule has 0 saturated carbocycles. The fraction of sp³-hybridized carbons (Fsp3) is 0.846. The standard InChI is InChI=1S/C13H24N2O2S/c1-3-4-5-6-9-14-11-13-8-7-10-15(12-13)18(2,16)17/h1,13-14H,4-12H2,2H3.